The van der Waals surface area contributed by atoms with Crippen LogP contribution in [0.2, 0.25) is 0 Å². The van der Waals surface area contributed by atoms with Crippen molar-refractivity contribution in [2.24, 2.45) is 4.40 Å². The Balaban J connectivity index is 2.32. The largest absolute Gasteiger partial charge is 0.328 e. The summed E-state index contributed by atoms with van der Waals surface area (Å²) in [7, 11) is -3.97. The third-order valence-electron chi connectivity index (χ3n) is 2.95. The van der Waals surface area contributed by atoms with E-state index in [2.05, 4.69) is 9.71 Å². The van der Waals surface area contributed by atoms with Gasteiger partial charge in [0.1, 0.15) is 16.5 Å². The fraction of sp³-hybridized carbons (Fsp3) is 0. The van der Waals surface area contributed by atoms with Gasteiger partial charge in [0.15, 0.2) is 0 Å². The van der Waals surface area contributed by atoms with Crippen molar-refractivity contribution in [1.82, 2.24) is 0 Å². The zero-order valence-corrected chi connectivity index (χ0v) is 11.8. The first-order valence-corrected chi connectivity index (χ1v) is 7.56. The van der Waals surface area contributed by atoms with Crippen LogP contribution < -0.4 is 5.32 Å². The number of anilines is 1. The SMILES string of the molecule is O=S1(=O)N=C(Cl)Nc2c(-c3cc(F)ccc3F)cccc21. The van der Waals surface area contributed by atoms with E-state index >= 15 is 0 Å². The number of halogens is 3. The Morgan fingerprint density at radius 2 is 1.86 bits per heavy atom. The lowest BCUT2D eigenvalue weighted by Gasteiger charge is -2.18. The van der Waals surface area contributed by atoms with E-state index in [4.69, 9.17) is 11.6 Å². The zero-order chi connectivity index (χ0) is 15.2. The number of para-hydroxylation sites is 1. The minimum Gasteiger partial charge on any atom is -0.328 e. The highest BCUT2D eigenvalue weighted by atomic mass is 35.5. The number of fused-ring (bicyclic) bond motifs is 1. The van der Waals surface area contributed by atoms with Gasteiger partial charge in [0.2, 0.25) is 5.29 Å². The Morgan fingerprint density at radius 3 is 2.62 bits per heavy atom. The van der Waals surface area contributed by atoms with Gasteiger partial charge in [0.05, 0.1) is 5.69 Å². The van der Waals surface area contributed by atoms with Crippen LogP contribution in [0.1, 0.15) is 0 Å². The molecule has 0 unspecified atom stereocenters. The average Bonchev–Trinajstić information content (AvgIpc) is 2.40. The van der Waals surface area contributed by atoms with Crippen LogP contribution in [0.25, 0.3) is 11.1 Å². The van der Waals surface area contributed by atoms with Gasteiger partial charge in [-0.05, 0) is 35.9 Å². The molecule has 2 aromatic rings. The van der Waals surface area contributed by atoms with Gasteiger partial charge in [-0.2, -0.15) is 8.42 Å². The maximum absolute atomic E-state index is 13.9. The molecular formula is C13H7ClF2N2O2S. The number of nitrogens with zero attached hydrogens (tertiary/aromatic N) is 1. The molecule has 0 amide bonds. The van der Waals surface area contributed by atoms with Gasteiger partial charge in [0.25, 0.3) is 10.0 Å². The summed E-state index contributed by atoms with van der Waals surface area (Å²) in [5.41, 5.74) is 0.184. The number of amidine groups is 1. The summed E-state index contributed by atoms with van der Waals surface area (Å²) in [6, 6.07) is 7.13. The minimum absolute atomic E-state index is 0.0686. The van der Waals surface area contributed by atoms with E-state index in [1.807, 2.05) is 0 Å². The molecule has 108 valence electrons. The van der Waals surface area contributed by atoms with E-state index in [1.54, 1.807) is 0 Å². The molecule has 1 N–H and O–H groups in total. The molecule has 0 saturated carbocycles. The molecule has 0 bridgehead atoms. The first-order chi connectivity index (χ1) is 9.88. The molecule has 21 heavy (non-hydrogen) atoms. The van der Waals surface area contributed by atoms with Gasteiger partial charge >= 0.3 is 0 Å². The van der Waals surface area contributed by atoms with Gasteiger partial charge in [-0.25, -0.2) is 8.78 Å². The molecule has 4 nitrogen and oxygen atoms in total. The van der Waals surface area contributed by atoms with Crippen molar-refractivity contribution >= 4 is 32.6 Å². The summed E-state index contributed by atoms with van der Waals surface area (Å²) in [4.78, 5) is -0.145. The van der Waals surface area contributed by atoms with Crippen LogP contribution in [-0.2, 0) is 10.0 Å². The molecule has 8 heteroatoms. The van der Waals surface area contributed by atoms with E-state index in [9.17, 15) is 17.2 Å². The van der Waals surface area contributed by atoms with Crippen molar-refractivity contribution < 1.29 is 17.2 Å². The van der Waals surface area contributed by atoms with Crippen molar-refractivity contribution in [2.45, 2.75) is 4.90 Å². The van der Waals surface area contributed by atoms with E-state index in [0.29, 0.717) is 0 Å². The van der Waals surface area contributed by atoms with Gasteiger partial charge in [-0.15, -0.1) is 4.40 Å². The monoisotopic (exact) mass is 328 g/mol. The highest BCUT2D eigenvalue weighted by Gasteiger charge is 2.27. The van der Waals surface area contributed by atoms with Gasteiger partial charge in [-0.1, -0.05) is 12.1 Å². The van der Waals surface area contributed by atoms with E-state index in [1.165, 1.54) is 18.2 Å². The Hall–Kier alpha value is -1.99. The Kier molecular flexibility index (Phi) is 3.18. The molecule has 0 aromatic heterocycles. The lowest BCUT2D eigenvalue weighted by atomic mass is 10.0. The summed E-state index contributed by atoms with van der Waals surface area (Å²) in [5, 5.41) is 2.22. The predicted molar refractivity (Wildman–Crippen MR) is 75.9 cm³/mol. The topological polar surface area (TPSA) is 58.5 Å². The van der Waals surface area contributed by atoms with Crippen molar-refractivity contribution in [3.05, 3.63) is 48.0 Å². The first-order valence-electron chi connectivity index (χ1n) is 5.74. The summed E-state index contributed by atoms with van der Waals surface area (Å²) >= 11 is 5.65. The number of hydrogen-bond donors (Lipinski definition) is 1. The lowest BCUT2D eigenvalue weighted by molar-refractivity contribution is 0.597. The van der Waals surface area contributed by atoms with E-state index in [0.717, 1.165) is 18.2 Å². The molecule has 1 heterocycles. The van der Waals surface area contributed by atoms with E-state index in [-0.39, 0.29) is 27.0 Å². The molecule has 0 fully saturated rings. The minimum atomic E-state index is -3.97. The number of nitrogens with one attached hydrogen (secondary N) is 1. The fourth-order valence-electron chi connectivity index (χ4n) is 2.08. The lowest BCUT2D eigenvalue weighted by Crippen LogP contribution is -2.17. The maximum atomic E-state index is 13.9. The summed E-state index contributed by atoms with van der Waals surface area (Å²) in [6.45, 7) is 0. The summed E-state index contributed by atoms with van der Waals surface area (Å²) < 4.78 is 54.4. The van der Waals surface area contributed by atoms with Crippen LogP contribution in [0.15, 0.2) is 45.7 Å². The molecule has 0 aliphatic carbocycles. The van der Waals surface area contributed by atoms with Crippen molar-refractivity contribution in [3.63, 3.8) is 0 Å². The molecule has 1 aliphatic heterocycles. The summed E-state index contributed by atoms with van der Waals surface area (Å²) in [5.74, 6) is -1.31. The highest BCUT2D eigenvalue weighted by molar-refractivity contribution is 7.90. The second-order valence-electron chi connectivity index (χ2n) is 4.29. The van der Waals surface area contributed by atoms with Crippen molar-refractivity contribution in [3.8, 4) is 11.1 Å². The Labute approximate surface area is 124 Å². The van der Waals surface area contributed by atoms with Gasteiger partial charge in [-0.3, -0.25) is 0 Å². The van der Waals surface area contributed by atoms with Crippen LogP contribution >= 0.6 is 11.6 Å². The third kappa shape index (κ3) is 2.38. The van der Waals surface area contributed by atoms with Crippen molar-refractivity contribution in [1.29, 1.82) is 0 Å². The molecule has 0 atom stereocenters. The second kappa shape index (κ2) is 4.78. The molecule has 0 saturated heterocycles. The number of hydrogen-bond acceptors (Lipinski definition) is 3. The fourth-order valence-corrected chi connectivity index (χ4v) is 3.48. The highest BCUT2D eigenvalue weighted by Crippen LogP contribution is 2.38. The molecule has 0 spiro atoms. The summed E-state index contributed by atoms with van der Waals surface area (Å²) in [6.07, 6.45) is 0. The Bertz CT molecular complexity index is 882. The van der Waals surface area contributed by atoms with Crippen LogP contribution in [0.4, 0.5) is 14.5 Å². The molecule has 3 rings (SSSR count). The number of rotatable bonds is 1. The van der Waals surface area contributed by atoms with Gasteiger partial charge < -0.3 is 5.32 Å². The molecular weight excluding hydrogens is 322 g/mol. The van der Waals surface area contributed by atoms with Crippen LogP contribution in [0, 0.1) is 11.6 Å². The van der Waals surface area contributed by atoms with Crippen LogP contribution in [-0.4, -0.2) is 13.7 Å². The Morgan fingerprint density at radius 1 is 1.10 bits per heavy atom. The average molecular weight is 329 g/mol. The normalized spacial score (nSPS) is 15.9. The second-order valence-corrected chi connectivity index (χ2v) is 6.22. The standard InChI is InChI=1S/C13H7ClF2N2O2S/c14-13-17-12-8(9-6-7(15)4-5-10(9)16)2-1-3-11(12)21(19,20)18-13/h1-6H,(H,17,18). The quantitative estimate of drug-likeness (QED) is 0.817. The number of sulfonamides is 1. The van der Waals surface area contributed by atoms with Crippen LogP contribution in [0.3, 0.4) is 0 Å². The van der Waals surface area contributed by atoms with E-state index < -0.39 is 21.7 Å². The smallest absolute Gasteiger partial charge is 0.287 e. The van der Waals surface area contributed by atoms with Crippen LogP contribution in [0.5, 0.6) is 0 Å². The maximum Gasteiger partial charge on any atom is 0.287 e. The first kappa shape index (κ1) is 14.0. The molecule has 2 aromatic carbocycles. The van der Waals surface area contributed by atoms with Crippen molar-refractivity contribution in [2.75, 3.05) is 5.32 Å². The predicted octanol–water partition coefficient (Wildman–Crippen LogP) is 3.34. The molecule has 1 aliphatic rings. The van der Waals surface area contributed by atoms with Gasteiger partial charge in [0, 0.05) is 11.1 Å². The molecule has 0 radical (unpaired) electrons. The third-order valence-corrected chi connectivity index (χ3v) is 4.55. The number of benzene rings is 2. The zero-order valence-electron chi connectivity index (χ0n) is 10.3.